The Balaban J connectivity index is 2.53. The zero-order valence-electron chi connectivity index (χ0n) is 8.14. The highest BCUT2D eigenvalue weighted by atomic mass is 31.0. The molecular formula is C13H10NP. The van der Waals surface area contributed by atoms with Crippen molar-refractivity contribution in [2.75, 3.05) is 0 Å². The molecule has 1 nitrogen and oxygen atoms in total. The molecule has 72 valence electrons. The van der Waals surface area contributed by atoms with E-state index in [2.05, 4.69) is 44.6 Å². The van der Waals surface area contributed by atoms with Gasteiger partial charge in [0.1, 0.15) is 0 Å². The lowest BCUT2D eigenvalue weighted by Crippen LogP contribution is -1.95. The van der Waals surface area contributed by atoms with Crippen LogP contribution in [0.2, 0.25) is 0 Å². The number of pyridine rings is 1. The third-order valence-corrected chi connectivity index (χ3v) is 3.04. The summed E-state index contributed by atoms with van der Waals surface area (Å²) < 4.78 is 0. The predicted molar refractivity (Wildman–Crippen MR) is 68.6 cm³/mol. The minimum Gasteiger partial charge on any atom is -0.247 e. The molecule has 1 unspecified atom stereocenters. The van der Waals surface area contributed by atoms with Gasteiger partial charge in [0, 0.05) is 10.8 Å². The Labute approximate surface area is 90.3 Å². The Hall–Kier alpha value is -1.46. The van der Waals surface area contributed by atoms with Crippen molar-refractivity contribution < 1.29 is 0 Å². The molecule has 0 bridgehead atoms. The number of hydrogen-bond donors (Lipinski definition) is 0. The maximum absolute atomic E-state index is 4.66. The van der Waals surface area contributed by atoms with Crippen molar-refractivity contribution in [1.29, 1.82) is 0 Å². The predicted octanol–water partition coefficient (Wildman–Crippen LogP) is 2.89. The summed E-state index contributed by atoms with van der Waals surface area (Å²) in [5.41, 5.74) is 2.13. The van der Waals surface area contributed by atoms with Crippen LogP contribution in [0, 0.1) is 0 Å². The van der Waals surface area contributed by atoms with E-state index in [-0.39, 0.29) is 0 Å². The van der Waals surface area contributed by atoms with Crippen LogP contribution < -0.4 is 5.30 Å². The molecule has 3 aromatic rings. The van der Waals surface area contributed by atoms with Crippen LogP contribution in [0.15, 0.2) is 48.5 Å². The summed E-state index contributed by atoms with van der Waals surface area (Å²) in [6.07, 6.45) is 0. The molecule has 0 aliphatic rings. The van der Waals surface area contributed by atoms with Crippen LogP contribution in [-0.2, 0) is 0 Å². The van der Waals surface area contributed by atoms with E-state index in [1.54, 1.807) is 0 Å². The molecule has 2 aromatic carbocycles. The van der Waals surface area contributed by atoms with Crippen LogP contribution in [0.25, 0.3) is 21.8 Å². The molecule has 1 heterocycles. The molecule has 0 saturated carbocycles. The maximum Gasteiger partial charge on any atom is 0.0781 e. The van der Waals surface area contributed by atoms with Crippen molar-refractivity contribution in [1.82, 2.24) is 4.98 Å². The van der Waals surface area contributed by atoms with Gasteiger partial charge in [-0.3, -0.25) is 0 Å². The second kappa shape index (κ2) is 3.29. The fraction of sp³-hybridized carbons (Fsp3) is 0. The molecule has 0 aliphatic carbocycles. The molecule has 0 saturated heterocycles. The number of rotatable bonds is 0. The Bertz CT molecular complexity index is 646. The third-order valence-electron chi connectivity index (χ3n) is 2.58. The second-order valence-electron chi connectivity index (χ2n) is 3.60. The standard InChI is InChI=1S/C13H10NP/c15-12-7-3-5-10-8-9-4-1-2-6-11(9)14-13(10)12/h1-8H,15H2. The number of hydrogen-bond acceptors (Lipinski definition) is 1. The average molecular weight is 211 g/mol. The highest BCUT2D eigenvalue weighted by Crippen LogP contribution is 2.18. The Morgan fingerprint density at radius 1 is 0.867 bits per heavy atom. The lowest BCUT2D eigenvalue weighted by Gasteiger charge is -2.03. The molecule has 0 aliphatic heterocycles. The van der Waals surface area contributed by atoms with Crippen molar-refractivity contribution in [3.63, 3.8) is 0 Å². The SMILES string of the molecule is Pc1cccc2cc3ccccc3nc12. The second-order valence-corrected chi connectivity index (χ2v) is 4.22. The quantitative estimate of drug-likeness (QED) is 0.411. The van der Waals surface area contributed by atoms with Gasteiger partial charge in [-0.2, -0.15) is 0 Å². The molecule has 15 heavy (non-hydrogen) atoms. The summed E-state index contributed by atoms with van der Waals surface area (Å²) >= 11 is 0. The smallest absolute Gasteiger partial charge is 0.0781 e. The summed E-state index contributed by atoms with van der Waals surface area (Å²) in [6, 6.07) is 16.6. The molecule has 0 radical (unpaired) electrons. The first-order valence-corrected chi connectivity index (χ1v) is 5.46. The van der Waals surface area contributed by atoms with Gasteiger partial charge in [-0.1, -0.05) is 36.4 Å². The summed E-state index contributed by atoms with van der Waals surface area (Å²) in [5.74, 6) is 0. The molecule has 0 fully saturated rings. The monoisotopic (exact) mass is 211 g/mol. The first kappa shape index (κ1) is 8.82. The van der Waals surface area contributed by atoms with Gasteiger partial charge in [-0.15, -0.1) is 9.24 Å². The number of fused-ring (bicyclic) bond motifs is 2. The number of benzene rings is 2. The van der Waals surface area contributed by atoms with Gasteiger partial charge >= 0.3 is 0 Å². The maximum atomic E-state index is 4.66. The highest BCUT2D eigenvalue weighted by molar-refractivity contribution is 7.28. The number of aromatic nitrogens is 1. The van der Waals surface area contributed by atoms with Gasteiger partial charge in [0.05, 0.1) is 11.0 Å². The van der Waals surface area contributed by atoms with E-state index in [1.165, 1.54) is 10.8 Å². The van der Waals surface area contributed by atoms with Crippen LogP contribution in [0.5, 0.6) is 0 Å². The molecule has 1 aromatic heterocycles. The van der Waals surface area contributed by atoms with E-state index in [4.69, 9.17) is 0 Å². The lowest BCUT2D eigenvalue weighted by atomic mass is 10.1. The average Bonchev–Trinajstić information content (AvgIpc) is 2.27. The molecule has 1 atom stereocenters. The highest BCUT2D eigenvalue weighted by Gasteiger charge is 2.00. The Morgan fingerprint density at radius 2 is 1.67 bits per heavy atom. The van der Waals surface area contributed by atoms with E-state index >= 15 is 0 Å². The van der Waals surface area contributed by atoms with Crippen LogP contribution in [0.4, 0.5) is 0 Å². The fourth-order valence-electron chi connectivity index (χ4n) is 1.82. The zero-order chi connectivity index (χ0) is 10.3. The van der Waals surface area contributed by atoms with Gasteiger partial charge in [0.25, 0.3) is 0 Å². The van der Waals surface area contributed by atoms with Crippen molar-refractivity contribution in [3.8, 4) is 0 Å². The first-order chi connectivity index (χ1) is 7.34. The normalized spacial score (nSPS) is 11.0. The Morgan fingerprint density at radius 3 is 2.60 bits per heavy atom. The number of para-hydroxylation sites is 2. The lowest BCUT2D eigenvalue weighted by molar-refractivity contribution is 1.51. The number of nitrogens with zero attached hydrogens (tertiary/aromatic N) is 1. The Kier molecular flexibility index (Phi) is 1.93. The van der Waals surface area contributed by atoms with E-state index < -0.39 is 0 Å². The topological polar surface area (TPSA) is 12.9 Å². The minimum absolute atomic E-state index is 1.06. The van der Waals surface area contributed by atoms with Gasteiger partial charge in [0.15, 0.2) is 0 Å². The molecule has 0 N–H and O–H groups in total. The largest absolute Gasteiger partial charge is 0.247 e. The fourth-order valence-corrected chi connectivity index (χ4v) is 2.17. The summed E-state index contributed by atoms with van der Waals surface area (Å²) in [4.78, 5) is 4.66. The van der Waals surface area contributed by atoms with E-state index in [9.17, 15) is 0 Å². The minimum atomic E-state index is 1.06. The van der Waals surface area contributed by atoms with Gasteiger partial charge in [-0.05, 0) is 17.4 Å². The summed E-state index contributed by atoms with van der Waals surface area (Å²) in [6.45, 7) is 0. The zero-order valence-corrected chi connectivity index (χ0v) is 9.30. The van der Waals surface area contributed by atoms with Crippen LogP contribution >= 0.6 is 9.24 Å². The molecular weight excluding hydrogens is 201 g/mol. The molecule has 3 rings (SSSR count). The molecule has 2 heteroatoms. The van der Waals surface area contributed by atoms with E-state index in [0.29, 0.717) is 0 Å². The van der Waals surface area contributed by atoms with Crippen molar-refractivity contribution in [2.24, 2.45) is 0 Å². The summed E-state index contributed by atoms with van der Waals surface area (Å²) in [5, 5.41) is 3.54. The van der Waals surface area contributed by atoms with E-state index in [1.807, 2.05) is 18.2 Å². The van der Waals surface area contributed by atoms with E-state index in [0.717, 1.165) is 16.3 Å². The molecule has 0 amide bonds. The van der Waals surface area contributed by atoms with Crippen LogP contribution in [-0.4, -0.2) is 4.98 Å². The van der Waals surface area contributed by atoms with Crippen molar-refractivity contribution >= 4 is 36.4 Å². The van der Waals surface area contributed by atoms with Crippen LogP contribution in [0.1, 0.15) is 0 Å². The van der Waals surface area contributed by atoms with Crippen molar-refractivity contribution in [3.05, 3.63) is 48.5 Å². The van der Waals surface area contributed by atoms with Gasteiger partial charge in [0.2, 0.25) is 0 Å². The van der Waals surface area contributed by atoms with Gasteiger partial charge in [-0.25, -0.2) is 4.98 Å². The van der Waals surface area contributed by atoms with Crippen LogP contribution in [0.3, 0.4) is 0 Å². The third kappa shape index (κ3) is 1.40. The van der Waals surface area contributed by atoms with Crippen molar-refractivity contribution in [2.45, 2.75) is 0 Å². The summed E-state index contributed by atoms with van der Waals surface area (Å²) in [7, 11) is 2.73. The first-order valence-electron chi connectivity index (χ1n) is 4.88. The van der Waals surface area contributed by atoms with Gasteiger partial charge < -0.3 is 0 Å². The molecule has 0 spiro atoms.